The molecular weight excluding hydrogens is 1130 g/mol. The standard InChI is InChI=1S/C69H59NO18/c1-8-9-10-11-12-13-14-15-16-17-18-19-20-21-31-38-54-80-41-50(84-54)42-81-65(78)86-58(56(47-32-25-22-26-33-47)70-62(75)48-34-27-23-28-35-48)64(77)85-51-40-69(79)61(87-63(76)49-36-29-24-30-37-49)59-67(7,52(73)39-53-68(59,43-82-53)88-46(4)72)60(74)57(83-45(3)71)55(44(51)2)66(69,5)6/h1,22-30,32-37,50-54,56-59,61,73,79H,38-43H2,2-7H3,(H,70,75)/t50?,51-,52-,53+,54?,56-,57+,58+,59-,61-,67+,68-,69+/m0/s1. The number of Topliss-reactive ketones (excluding diaryl/α,β-unsaturated/α-hetero) is 1. The Labute approximate surface area is 509 Å². The highest BCUT2D eigenvalue weighted by atomic mass is 16.8. The van der Waals surface area contributed by atoms with E-state index in [1.165, 1.54) is 52.0 Å². The molecule has 3 aliphatic carbocycles. The predicted octanol–water partition coefficient (Wildman–Crippen LogP) is 4.69. The summed E-state index contributed by atoms with van der Waals surface area (Å²) in [4.78, 5) is 101. The molecule has 4 fully saturated rings. The number of benzene rings is 3. The lowest BCUT2D eigenvalue weighted by Crippen LogP contribution is -2.82. The van der Waals surface area contributed by atoms with Crippen molar-refractivity contribution in [1.82, 2.24) is 5.32 Å². The van der Waals surface area contributed by atoms with Crippen molar-refractivity contribution in [2.75, 3.05) is 19.8 Å². The first kappa shape index (κ1) is 64.0. The van der Waals surface area contributed by atoms with Gasteiger partial charge >= 0.3 is 30.0 Å². The van der Waals surface area contributed by atoms with Crippen molar-refractivity contribution in [2.45, 2.75) is 127 Å². The fourth-order valence-electron chi connectivity index (χ4n) is 11.8. The number of aliphatic hydroxyl groups excluding tert-OH is 1. The molecule has 1 amide bonds. The molecule has 8 rings (SSSR count). The molecule has 0 aromatic heterocycles. The maximum atomic E-state index is 15.9. The van der Waals surface area contributed by atoms with E-state index in [2.05, 4.69) is 94.1 Å². The van der Waals surface area contributed by atoms with E-state index in [1.807, 2.05) is 0 Å². The van der Waals surface area contributed by atoms with Crippen LogP contribution in [-0.2, 0) is 61.8 Å². The Kier molecular flexibility index (Phi) is 20.4. The van der Waals surface area contributed by atoms with Crippen molar-refractivity contribution in [1.29, 1.82) is 0 Å². The molecule has 19 heteroatoms. The zero-order valence-corrected chi connectivity index (χ0v) is 48.7. The number of hydrogen-bond donors (Lipinski definition) is 3. The summed E-state index contributed by atoms with van der Waals surface area (Å²) in [5.41, 5.74) is -7.90. The minimum absolute atomic E-state index is 0.0162. The molecule has 13 atom stereocenters. The van der Waals surface area contributed by atoms with Crippen LogP contribution < -0.4 is 5.32 Å². The summed E-state index contributed by atoms with van der Waals surface area (Å²) in [6.45, 7) is 7.21. The first-order chi connectivity index (χ1) is 42.2. The molecule has 2 heterocycles. The number of hydrogen-bond acceptors (Lipinski definition) is 18. The molecule has 3 N–H and O–H groups in total. The van der Waals surface area contributed by atoms with Gasteiger partial charge in [-0.2, -0.15) is 0 Å². The number of fused-ring (bicyclic) bond motifs is 5. The lowest BCUT2D eigenvalue weighted by Gasteiger charge is -2.67. The normalized spacial score (nSPS) is 27.1. The van der Waals surface area contributed by atoms with Gasteiger partial charge in [-0.15, -0.1) is 6.42 Å². The van der Waals surface area contributed by atoms with Crippen molar-refractivity contribution in [3.63, 3.8) is 0 Å². The Morgan fingerprint density at radius 1 is 0.750 bits per heavy atom. The van der Waals surface area contributed by atoms with Crippen LogP contribution in [-0.4, -0.2) is 132 Å². The van der Waals surface area contributed by atoms with Gasteiger partial charge in [-0.1, -0.05) is 86.5 Å². The van der Waals surface area contributed by atoms with Crippen LogP contribution in [0.3, 0.4) is 0 Å². The smallest absolute Gasteiger partial charge is 0.455 e. The predicted molar refractivity (Wildman–Crippen MR) is 310 cm³/mol. The summed E-state index contributed by atoms with van der Waals surface area (Å²) in [5.74, 6) is 29.9. The monoisotopic (exact) mass is 1190 g/mol. The summed E-state index contributed by atoms with van der Waals surface area (Å²) in [6, 6.07) is 22.2. The molecule has 0 spiro atoms. The van der Waals surface area contributed by atoms with Crippen LogP contribution in [0, 0.1) is 112 Å². The van der Waals surface area contributed by atoms with Gasteiger partial charge in [0.1, 0.15) is 42.7 Å². The average molecular weight is 1190 g/mol. The Hall–Kier alpha value is -10.0. The molecule has 3 aromatic rings. The number of carbonyl (C=O) groups excluding carboxylic acids is 7. The largest absolute Gasteiger partial charge is 0.509 e. The maximum absolute atomic E-state index is 15.9. The van der Waals surface area contributed by atoms with Crippen molar-refractivity contribution >= 4 is 41.7 Å². The van der Waals surface area contributed by atoms with E-state index in [-0.39, 0.29) is 53.9 Å². The Balaban J connectivity index is 1.12. The Morgan fingerprint density at radius 3 is 1.90 bits per heavy atom. The number of ether oxygens (including phenoxy) is 9. The summed E-state index contributed by atoms with van der Waals surface area (Å²) in [7, 11) is 0. The summed E-state index contributed by atoms with van der Waals surface area (Å²) in [6.07, 6.45) is -9.33. The van der Waals surface area contributed by atoms with Crippen molar-refractivity contribution in [3.8, 4) is 95.2 Å². The summed E-state index contributed by atoms with van der Waals surface area (Å²) < 4.78 is 54.0. The fourth-order valence-corrected chi connectivity index (χ4v) is 11.8. The molecule has 2 saturated heterocycles. The minimum Gasteiger partial charge on any atom is -0.455 e. The van der Waals surface area contributed by atoms with Crippen LogP contribution in [0.25, 0.3) is 0 Å². The molecule has 19 nitrogen and oxygen atoms in total. The Morgan fingerprint density at radius 2 is 1.33 bits per heavy atom. The van der Waals surface area contributed by atoms with Gasteiger partial charge < -0.3 is 58.2 Å². The number of ketones is 1. The second-order valence-corrected chi connectivity index (χ2v) is 21.7. The third kappa shape index (κ3) is 13.8. The molecule has 2 unspecified atom stereocenters. The number of nitrogens with one attached hydrogen (secondary N) is 1. The highest BCUT2D eigenvalue weighted by Gasteiger charge is 2.78. The molecule has 3 aromatic carbocycles. The van der Waals surface area contributed by atoms with Crippen molar-refractivity contribution < 1.29 is 86.4 Å². The number of esters is 4. The summed E-state index contributed by atoms with van der Waals surface area (Å²) >= 11 is 0. The van der Waals surface area contributed by atoms with Crippen LogP contribution in [0.1, 0.15) is 93.1 Å². The zero-order chi connectivity index (χ0) is 63.2. The molecule has 5 aliphatic rings. The highest BCUT2D eigenvalue weighted by Crippen LogP contribution is 2.64. The zero-order valence-electron chi connectivity index (χ0n) is 48.7. The molecule has 0 radical (unpaired) electrons. The van der Waals surface area contributed by atoms with Gasteiger partial charge in [-0.05, 0) is 138 Å². The maximum Gasteiger partial charge on any atom is 0.509 e. The van der Waals surface area contributed by atoms with Crippen LogP contribution >= 0.6 is 0 Å². The SMILES string of the molecule is C#CC#CC#CC#CC#CC#CC#CC#CCC1OCC(COC(=O)O[C@@H](C(=O)O[C@H]2C[C@@]3(O)[C@@H](OC(=O)c4ccccc4)[C@@H]4[C@]5(OC(C)=O)CO[C@@H]5C[C@H](O)[C@@]4(C)C(=O)[C@H](OC(C)=O)C(=C2C)C3(C)C)[C@@H](NC(=O)c2ccccc2)c2ccccc2)O1. The van der Waals surface area contributed by atoms with Crippen molar-refractivity contribution in [2.24, 2.45) is 16.7 Å². The van der Waals surface area contributed by atoms with Gasteiger partial charge in [0.15, 0.2) is 23.8 Å². The minimum atomic E-state index is -2.53. The third-order valence-corrected chi connectivity index (χ3v) is 16.1. The van der Waals surface area contributed by atoms with E-state index in [1.54, 1.807) is 66.7 Å². The van der Waals surface area contributed by atoms with E-state index < -0.39 is 138 Å². The average Bonchev–Trinajstić information content (AvgIpc) is 0.817. The second kappa shape index (κ2) is 28.0. The van der Waals surface area contributed by atoms with E-state index >= 15 is 9.59 Å². The highest BCUT2D eigenvalue weighted by molar-refractivity contribution is 5.96. The van der Waals surface area contributed by atoms with Crippen LogP contribution in [0.15, 0.2) is 102 Å². The third-order valence-electron chi connectivity index (χ3n) is 16.1. The van der Waals surface area contributed by atoms with Gasteiger partial charge in [0.25, 0.3) is 5.91 Å². The number of carbonyl (C=O) groups is 7. The van der Waals surface area contributed by atoms with Gasteiger partial charge in [-0.3, -0.25) is 19.2 Å². The second-order valence-electron chi connectivity index (χ2n) is 21.7. The molecule has 448 valence electrons. The van der Waals surface area contributed by atoms with E-state index in [4.69, 9.17) is 49.1 Å². The van der Waals surface area contributed by atoms with Gasteiger partial charge in [-0.25, -0.2) is 14.4 Å². The molecule has 2 saturated carbocycles. The lowest BCUT2D eigenvalue weighted by atomic mass is 9.44. The first-order valence-corrected chi connectivity index (χ1v) is 27.7. The number of aliphatic hydroxyl groups is 2. The quantitative estimate of drug-likeness (QED) is 0.0857. The van der Waals surface area contributed by atoms with Gasteiger partial charge in [0, 0.05) is 37.7 Å². The van der Waals surface area contributed by atoms with E-state index in [0.29, 0.717) is 0 Å². The number of terminal acetylenes is 1. The van der Waals surface area contributed by atoms with E-state index in [0.717, 1.165) is 13.8 Å². The van der Waals surface area contributed by atoms with Crippen LogP contribution in [0.2, 0.25) is 0 Å². The number of amides is 1. The number of rotatable bonds is 14. The fraction of sp³-hybridized carbons (Fsp3) is 0.377. The Bertz CT molecular complexity index is 3790. The summed E-state index contributed by atoms with van der Waals surface area (Å²) in [5, 5.41) is 29.2. The van der Waals surface area contributed by atoms with Gasteiger partial charge in [0.05, 0.1) is 42.6 Å². The molecular formula is C69H59NO18. The van der Waals surface area contributed by atoms with E-state index in [9.17, 15) is 34.2 Å². The molecule has 2 bridgehead atoms. The van der Waals surface area contributed by atoms with Crippen molar-refractivity contribution in [3.05, 3.63) is 119 Å². The lowest BCUT2D eigenvalue weighted by molar-refractivity contribution is -0.346. The topological polar surface area (TPSA) is 255 Å². The first-order valence-electron chi connectivity index (χ1n) is 27.7. The molecule has 2 aliphatic heterocycles. The van der Waals surface area contributed by atoms with Gasteiger partial charge in [0.2, 0.25) is 6.10 Å². The molecule has 88 heavy (non-hydrogen) atoms. The van der Waals surface area contributed by atoms with Crippen LogP contribution in [0.4, 0.5) is 4.79 Å². The van der Waals surface area contributed by atoms with Crippen LogP contribution in [0.5, 0.6) is 0 Å².